The van der Waals surface area contributed by atoms with E-state index in [1.54, 1.807) is 9.80 Å². The van der Waals surface area contributed by atoms with Crippen LogP contribution in [0, 0.1) is 11.8 Å². The van der Waals surface area contributed by atoms with Gasteiger partial charge >= 0.3 is 6.09 Å². The van der Waals surface area contributed by atoms with E-state index in [1.807, 2.05) is 77.7 Å². The number of carbonyl (C=O) groups is 3. The third-order valence-electron chi connectivity index (χ3n) is 10.4. The van der Waals surface area contributed by atoms with Crippen molar-refractivity contribution < 1.29 is 19.1 Å². The second-order valence-electron chi connectivity index (χ2n) is 14.0. The van der Waals surface area contributed by atoms with Crippen molar-refractivity contribution in [1.82, 2.24) is 19.6 Å². The lowest BCUT2D eigenvalue weighted by atomic mass is 9.85. The van der Waals surface area contributed by atoms with Gasteiger partial charge in [-0.2, -0.15) is 0 Å². The molecule has 2 aromatic rings. The first-order valence-electron chi connectivity index (χ1n) is 17.5. The first-order chi connectivity index (χ1) is 22.4. The van der Waals surface area contributed by atoms with E-state index >= 15 is 0 Å². The molecule has 4 atom stereocenters. The van der Waals surface area contributed by atoms with Gasteiger partial charge in [-0.25, -0.2) is 4.79 Å². The summed E-state index contributed by atoms with van der Waals surface area (Å²) < 4.78 is 5.53. The van der Waals surface area contributed by atoms with Gasteiger partial charge in [0.15, 0.2) is 0 Å². The Kier molecular flexibility index (Phi) is 10.4. The van der Waals surface area contributed by atoms with Crippen LogP contribution in [0.15, 0.2) is 66.7 Å². The molecule has 4 aliphatic heterocycles. The molecule has 2 aromatic carbocycles. The number of rotatable bonds is 11. The molecule has 0 bridgehead atoms. The Hall–Kier alpha value is -3.65. The van der Waals surface area contributed by atoms with Gasteiger partial charge in [-0.1, -0.05) is 93.1 Å². The summed E-state index contributed by atoms with van der Waals surface area (Å²) in [7, 11) is 0. The van der Waals surface area contributed by atoms with Gasteiger partial charge in [0.25, 0.3) is 0 Å². The predicted molar refractivity (Wildman–Crippen MR) is 180 cm³/mol. The number of cyclic esters (lactones) is 1. The summed E-state index contributed by atoms with van der Waals surface area (Å²) in [5.74, 6) is 0.715. The molecule has 8 heteroatoms. The van der Waals surface area contributed by atoms with Crippen LogP contribution in [0.4, 0.5) is 4.79 Å². The molecule has 6 rings (SSSR count). The zero-order valence-electron chi connectivity index (χ0n) is 27.5. The van der Waals surface area contributed by atoms with Crippen LogP contribution in [0.5, 0.6) is 0 Å². The summed E-state index contributed by atoms with van der Waals surface area (Å²) >= 11 is 0. The number of carbonyl (C=O) groups excluding carboxylic acids is 3. The van der Waals surface area contributed by atoms with Crippen molar-refractivity contribution in [3.63, 3.8) is 0 Å². The third-order valence-corrected chi connectivity index (χ3v) is 10.4. The molecule has 46 heavy (non-hydrogen) atoms. The fraction of sp³-hybridized carbons (Fsp3) is 0.553. The highest BCUT2D eigenvalue weighted by molar-refractivity contribution is 5.98. The Morgan fingerprint density at radius 2 is 1.59 bits per heavy atom. The summed E-state index contributed by atoms with van der Waals surface area (Å²) in [5.41, 5.74) is 1.94. The molecule has 4 fully saturated rings. The first-order valence-corrected chi connectivity index (χ1v) is 17.5. The van der Waals surface area contributed by atoms with Crippen molar-refractivity contribution in [2.45, 2.75) is 83.0 Å². The highest BCUT2D eigenvalue weighted by Gasteiger charge is 2.58. The molecule has 0 aliphatic carbocycles. The number of hydrogen-bond acceptors (Lipinski definition) is 5. The molecule has 0 spiro atoms. The lowest BCUT2D eigenvalue weighted by Crippen LogP contribution is -2.74. The number of nitrogens with zero attached hydrogens (tertiary/aromatic N) is 4. The van der Waals surface area contributed by atoms with Gasteiger partial charge in [0.2, 0.25) is 11.8 Å². The first kappa shape index (κ1) is 32.3. The Morgan fingerprint density at radius 1 is 0.913 bits per heavy atom. The van der Waals surface area contributed by atoms with Crippen LogP contribution in [0.3, 0.4) is 0 Å². The second-order valence-corrected chi connectivity index (χ2v) is 14.0. The molecular formula is C38H50N4O4. The lowest BCUT2D eigenvalue weighted by molar-refractivity contribution is -0.166. The van der Waals surface area contributed by atoms with E-state index in [2.05, 4.69) is 18.7 Å². The van der Waals surface area contributed by atoms with E-state index in [0.717, 1.165) is 43.6 Å². The van der Waals surface area contributed by atoms with Crippen LogP contribution in [-0.2, 0) is 14.3 Å². The highest BCUT2D eigenvalue weighted by atomic mass is 16.6. The minimum Gasteiger partial charge on any atom is -0.447 e. The van der Waals surface area contributed by atoms with Gasteiger partial charge in [-0.15, -0.1) is 0 Å². The minimum atomic E-state index is -0.733. The van der Waals surface area contributed by atoms with Gasteiger partial charge in [0, 0.05) is 13.1 Å². The van der Waals surface area contributed by atoms with E-state index in [4.69, 9.17) is 4.74 Å². The van der Waals surface area contributed by atoms with Crippen LogP contribution < -0.4 is 0 Å². The fourth-order valence-corrected chi connectivity index (χ4v) is 7.79. The molecule has 4 aliphatic rings. The van der Waals surface area contributed by atoms with Crippen molar-refractivity contribution in [2.24, 2.45) is 11.8 Å². The molecule has 0 unspecified atom stereocenters. The Labute approximate surface area is 274 Å². The quantitative estimate of drug-likeness (QED) is 0.286. The summed E-state index contributed by atoms with van der Waals surface area (Å²) in [6.45, 7) is 9.49. The van der Waals surface area contributed by atoms with E-state index in [1.165, 1.54) is 38.8 Å². The smallest absolute Gasteiger partial charge is 0.411 e. The molecule has 0 aromatic heterocycles. The van der Waals surface area contributed by atoms with Gasteiger partial charge in [-0.3, -0.25) is 14.5 Å². The summed E-state index contributed by atoms with van der Waals surface area (Å²) in [6.07, 6.45) is 11.3. The summed E-state index contributed by atoms with van der Waals surface area (Å²) in [6, 6.07) is 17.6. The zero-order chi connectivity index (χ0) is 32.0. The molecule has 3 amide bonds. The Balaban J connectivity index is 1.20. The molecule has 0 saturated carbocycles. The average molecular weight is 627 g/mol. The lowest BCUT2D eigenvalue weighted by Gasteiger charge is -2.53. The van der Waals surface area contributed by atoms with Gasteiger partial charge in [-0.05, 0) is 81.1 Å². The van der Waals surface area contributed by atoms with Gasteiger partial charge < -0.3 is 19.4 Å². The largest absolute Gasteiger partial charge is 0.447 e. The zero-order valence-corrected chi connectivity index (χ0v) is 27.5. The predicted octanol–water partition coefficient (Wildman–Crippen LogP) is 6.00. The van der Waals surface area contributed by atoms with Crippen molar-refractivity contribution in [2.75, 3.05) is 39.3 Å². The molecule has 246 valence electrons. The fourth-order valence-electron chi connectivity index (χ4n) is 7.79. The highest BCUT2D eigenvalue weighted by Crippen LogP contribution is 2.39. The standard InChI is InChI=1S/C38H50N4O4/c1-28(2)26-33(36(43)40-24-19-30(20-25-40)18-23-39-21-10-5-11-22-39)41-32(17-16-29-12-6-3-7-13-29)35(37(41)44)42-34(27-46-38(42)45)31-14-8-4-9-15-31/h3-4,6-9,12-17,28,30,32-35H,5,10-11,18-27H2,1-2H3/t32-,33+,34-,35+/m1/s1. The molecule has 4 heterocycles. The Morgan fingerprint density at radius 3 is 2.26 bits per heavy atom. The Bertz CT molecular complexity index is 1350. The van der Waals surface area contributed by atoms with Crippen LogP contribution in [0.25, 0.3) is 6.08 Å². The topological polar surface area (TPSA) is 73.4 Å². The minimum absolute atomic E-state index is 0.0386. The molecule has 4 saturated heterocycles. The number of benzene rings is 2. The number of β-lactam (4-membered cyclic amide) rings is 1. The molecule has 0 N–H and O–H groups in total. The van der Waals surface area contributed by atoms with Crippen molar-refractivity contribution in [1.29, 1.82) is 0 Å². The maximum absolute atomic E-state index is 14.3. The average Bonchev–Trinajstić information content (AvgIpc) is 3.46. The van der Waals surface area contributed by atoms with Gasteiger partial charge in [0.1, 0.15) is 18.7 Å². The number of piperidine rings is 2. The van der Waals surface area contributed by atoms with E-state index in [9.17, 15) is 14.4 Å². The van der Waals surface area contributed by atoms with Crippen molar-refractivity contribution >= 4 is 24.0 Å². The normalized spacial score (nSPS) is 25.3. The summed E-state index contributed by atoms with van der Waals surface area (Å²) in [4.78, 5) is 49.8. The maximum atomic E-state index is 14.3. The van der Waals surface area contributed by atoms with Crippen molar-refractivity contribution in [3.05, 3.63) is 77.9 Å². The van der Waals surface area contributed by atoms with Crippen molar-refractivity contribution in [3.8, 4) is 0 Å². The van der Waals surface area contributed by atoms with Crippen LogP contribution in [0.2, 0.25) is 0 Å². The van der Waals surface area contributed by atoms with Crippen LogP contribution in [-0.4, -0.2) is 95.0 Å². The SMILES string of the molecule is CC(C)C[C@@H](C(=O)N1CCC(CCN2CCCCC2)CC1)N1C(=O)[C@@H](N2C(=O)OC[C@@H]2c2ccccc2)[C@H]1C=Cc1ccccc1. The number of likely N-dealkylation sites (tertiary alicyclic amines) is 3. The number of hydrogen-bond donors (Lipinski definition) is 0. The van der Waals surface area contributed by atoms with E-state index in [-0.39, 0.29) is 30.4 Å². The molecule has 0 radical (unpaired) electrons. The number of ether oxygens (including phenoxy) is 1. The van der Waals surface area contributed by atoms with Gasteiger partial charge in [0.05, 0.1) is 12.1 Å². The summed E-state index contributed by atoms with van der Waals surface area (Å²) in [5, 5.41) is 0. The molecular weight excluding hydrogens is 576 g/mol. The molecule has 8 nitrogen and oxygen atoms in total. The third kappa shape index (κ3) is 7.17. The van der Waals surface area contributed by atoms with E-state index in [0.29, 0.717) is 12.3 Å². The van der Waals surface area contributed by atoms with E-state index < -0.39 is 24.2 Å². The second kappa shape index (κ2) is 14.8. The monoisotopic (exact) mass is 626 g/mol. The maximum Gasteiger partial charge on any atom is 0.411 e. The van der Waals surface area contributed by atoms with Crippen LogP contribution in [0.1, 0.15) is 76.0 Å². The van der Waals surface area contributed by atoms with Crippen LogP contribution >= 0.6 is 0 Å². The number of amides is 3.